The van der Waals surface area contributed by atoms with Crippen molar-refractivity contribution in [3.8, 4) is 11.5 Å². The second-order valence-corrected chi connectivity index (χ2v) is 6.40. The van der Waals surface area contributed by atoms with E-state index in [1.165, 1.54) is 0 Å². The topological polar surface area (TPSA) is 59.6 Å². The number of aryl methyl sites for hydroxylation is 1. The van der Waals surface area contributed by atoms with Crippen molar-refractivity contribution >= 4 is 17.3 Å². The van der Waals surface area contributed by atoms with Crippen molar-refractivity contribution in [1.29, 1.82) is 0 Å². The van der Waals surface area contributed by atoms with Crippen LogP contribution >= 0.6 is 0 Å². The van der Waals surface area contributed by atoms with E-state index in [1.807, 2.05) is 79.7 Å². The first-order chi connectivity index (χ1) is 13.6. The molecule has 0 fully saturated rings. The van der Waals surface area contributed by atoms with Gasteiger partial charge in [-0.1, -0.05) is 36.4 Å². The molecule has 0 aromatic heterocycles. The number of nitrogens with one attached hydrogen (secondary N) is 2. The van der Waals surface area contributed by atoms with Gasteiger partial charge in [0.25, 0.3) is 0 Å². The first-order valence-corrected chi connectivity index (χ1v) is 9.09. The normalized spacial score (nSPS) is 10.2. The van der Waals surface area contributed by atoms with E-state index < -0.39 is 0 Å². The summed E-state index contributed by atoms with van der Waals surface area (Å²) in [6.07, 6.45) is 0. The molecule has 0 spiro atoms. The van der Waals surface area contributed by atoms with Crippen LogP contribution in [0.15, 0.2) is 72.8 Å². The van der Waals surface area contributed by atoms with Gasteiger partial charge in [0, 0.05) is 5.69 Å². The van der Waals surface area contributed by atoms with Crippen LogP contribution < -0.4 is 20.1 Å². The molecule has 5 nitrogen and oxygen atoms in total. The van der Waals surface area contributed by atoms with Gasteiger partial charge in [0.1, 0.15) is 18.1 Å². The summed E-state index contributed by atoms with van der Waals surface area (Å²) in [6.45, 7) is 2.64. The molecule has 0 heterocycles. The molecule has 1 amide bonds. The summed E-state index contributed by atoms with van der Waals surface area (Å²) < 4.78 is 11.1. The Labute approximate surface area is 165 Å². The monoisotopic (exact) mass is 376 g/mol. The number of amides is 1. The van der Waals surface area contributed by atoms with Gasteiger partial charge in [-0.25, -0.2) is 0 Å². The number of carbonyl (C=O) groups excluding carboxylic acids is 1. The predicted octanol–water partition coefficient (Wildman–Crippen LogP) is 4.63. The van der Waals surface area contributed by atoms with E-state index in [1.54, 1.807) is 7.11 Å². The third-order valence-electron chi connectivity index (χ3n) is 4.18. The van der Waals surface area contributed by atoms with Crippen LogP contribution in [0.2, 0.25) is 0 Å². The first kappa shape index (κ1) is 19.3. The number of rotatable bonds is 8. The lowest BCUT2D eigenvalue weighted by atomic mass is 10.2. The van der Waals surface area contributed by atoms with E-state index in [-0.39, 0.29) is 12.5 Å². The van der Waals surface area contributed by atoms with Gasteiger partial charge in [-0.15, -0.1) is 0 Å². The van der Waals surface area contributed by atoms with Crippen LogP contribution in [0.1, 0.15) is 11.1 Å². The molecule has 0 aliphatic heterocycles. The van der Waals surface area contributed by atoms with Crippen LogP contribution in [0.5, 0.6) is 11.5 Å². The maximum absolute atomic E-state index is 12.2. The molecule has 2 N–H and O–H groups in total. The largest absolute Gasteiger partial charge is 0.495 e. The average Bonchev–Trinajstić information content (AvgIpc) is 2.72. The molecule has 0 unspecified atom stereocenters. The van der Waals surface area contributed by atoms with Gasteiger partial charge in [-0.2, -0.15) is 0 Å². The summed E-state index contributed by atoms with van der Waals surface area (Å²) in [4.78, 5) is 12.2. The summed E-state index contributed by atoms with van der Waals surface area (Å²) >= 11 is 0. The Hall–Kier alpha value is -3.47. The quantitative estimate of drug-likeness (QED) is 0.602. The second kappa shape index (κ2) is 9.46. The summed E-state index contributed by atoms with van der Waals surface area (Å²) in [5.41, 5.74) is 3.68. The Morgan fingerprint density at radius 1 is 0.964 bits per heavy atom. The summed E-state index contributed by atoms with van der Waals surface area (Å²) in [5.74, 6) is 1.27. The molecule has 3 aromatic carbocycles. The van der Waals surface area contributed by atoms with Gasteiger partial charge in [0.15, 0.2) is 0 Å². The fraction of sp³-hybridized carbons (Fsp3) is 0.174. The van der Waals surface area contributed by atoms with E-state index in [0.717, 1.165) is 22.6 Å². The third-order valence-corrected chi connectivity index (χ3v) is 4.18. The highest BCUT2D eigenvalue weighted by molar-refractivity contribution is 5.95. The fourth-order valence-electron chi connectivity index (χ4n) is 2.71. The minimum atomic E-state index is -0.145. The van der Waals surface area contributed by atoms with Crippen LogP contribution in [0.4, 0.5) is 11.4 Å². The highest BCUT2D eigenvalue weighted by Crippen LogP contribution is 2.25. The summed E-state index contributed by atoms with van der Waals surface area (Å²) in [7, 11) is 1.58. The van der Waals surface area contributed by atoms with Crippen LogP contribution in [0.25, 0.3) is 0 Å². The number of carbonyl (C=O) groups is 1. The van der Waals surface area contributed by atoms with Crippen molar-refractivity contribution in [3.05, 3.63) is 83.9 Å². The zero-order valence-corrected chi connectivity index (χ0v) is 16.1. The molecule has 144 valence electrons. The zero-order chi connectivity index (χ0) is 19.8. The van der Waals surface area contributed by atoms with Crippen molar-refractivity contribution < 1.29 is 14.3 Å². The Bertz CT molecular complexity index is 909. The van der Waals surface area contributed by atoms with E-state index in [9.17, 15) is 4.79 Å². The van der Waals surface area contributed by atoms with Crippen molar-refractivity contribution in [2.45, 2.75) is 13.5 Å². The third kappa shape index (κ3) is 5.51. The molecule has 0 saturated heterocycles. The van der Waals surface area contributed by atoms with Crippen molar-refractivity contribution in [2.24, 2.45) is 0 Å². The molecule has 0 aliphatic carbocycles. The minimum Gasteiger partial charge on any atom is -0.495 e. The van der Waals surface area contributed by atoms with Gasteiger partial charge in [-0.05, 0) is 54.4 Å². The Morgan fingerprint density at radius 2 is 1.71 bits per heavy atom. The van der Waals surface area contributed by atoms with Crippen LogP contribution in [0, 0.1) is 6.92 Å². The summed E-state index contributed by atoms with van der Waals surface area (Å²) in [6, 6.07) is 23.2. The second-order valence-electron chi connectivity index (χ2n) is 6.40. The Balaban J connectivity index is 1.49. The molecular weight excluding hydrogens is 352 g/mol. The minimum absolute atomic E-state index is 0.145. The van der Waals surface area contributed by atoms with Gasteiger partial charge in [0.05, 0.1) is 19.3 Å². The van der Waals surface area contributed by atoms with Crippen LogP contribution in [-0.4, -0.2) is 19.6 Å². The van der Waals surface area contributed by atoms with Crippen LogP contribution in [-0.2, 0) is 11.4 Å². The zero-order valence-electron chi connectivity index (χ0n) is 16.1. The number of benzene rings is 3. The fourth-order valence-corrected chi connectivity index (χ4v) is 2.71. The van der Waals surface area contributed by atoms with E-state index in [4.69, 9.17) is 9.47 Å². The molecule has 3 aromatic rings. The lowest BCUT2D eigenvalue weighted by Gasteiger charge is -2.12. The maximum atomic E-state index is 12.2. The molecule has 0 atom stereocenters. The molecule has 0 saturated carbocycles. The number of hydrogen-bond donors (Lipinski definition) is 2. The molecule has 3 rings (SSSR count). The number of anilines is 2. The van der Waals surface area contributed by atoms with E-state index >= 15 is 0 Å². The van der Waals surface area contributed by atoms with Gasteiger partial charge >= 0.3 is 0 Å². The predicted molar refractivity (Wildman–Crippen MR) is 112 cm³/mol. The maximum Gasteiger partial charge on any atom is 0.243 e. The van der Waals surface area contributed by atoms with Gasteiger partial charge < -0.3 is 20.1 Å². The number of ether oxygens (including phenoxy) is 2. The van der Waals surface area contributed by atoms with Crippen molar-refractivity contribution in [1.82, 2.24) is 0 Å². The molecule has 0 aliphatic rings. The molecular formula is C23H24N2O3. The molecule has 28 heavy (non-hydrogen) atoms. The highest BCUT2D eigenvalue weighted by atomic mass is 16.5. The highest BCUT2D eigenvalue weighted by Gasteiger charge is 2.08. The van der Waals surface area contributed by atoms with Crippen molar-refractivity contribution in [3.63, 3.8) is 0 Å². The molecule has 0 radical (unpaired) electrons. The Kier molecular flexibility index (Phi) is 6.52. The van der Waals surface area contributed by atoms with Crippen LogP contribution in [0.3, 0.4) is 0 Å². The van der Waals surface area contributed by atoms with Gasteiger partial charge in [-0.3, -0.25) is 4.79 Å². The lowest BCUT2D eigenvalue weighted by molar-refractivity contribution is -0.114. The van der Waals surface area contributed by atoms with Crippen molar-refractivity contribution in [2.75, 3.05) is 24.3 Å². The van der Waals surface area contributed by atoms with E-state index in [2.05, 4.69) is 10.6 Å². The SMILES string of the molecule is COc1ccc(C)cc1NC(=O)CNc1ccc(OCc2ccccc2)cc1. The average molecular weight is 376 g/mol. The lowest BCUT2D eigenvalue weighted by Crippen LogP contribution is -2.22. The molecule has 0 bridgehead atoms. The smallest absolute Gasteiger partial charge is 0.243 e. The Morgan fingerprint density at radius 3 is 2.43 bits per heavy atom. The first-order valence-electron chi connectivity index (χ1n) is 9.09. The van der Waals surface area contributed by atoms with E-state index in [0.29, 0.717) is 18.0 Å². The summed E-state index contributed by atoms with van der Waals surface area (Å²) in [5, 5.41) is 5.98. The number of hydrogen-bond acceptors (Lipinski definition) is 4. The number of methoxy groups -OCH3 is 1. The molecule has 5 heteroatoms. The van der Waals surface area contributed by atoms with Gasteiger partial charge in [0.2, 0.25) is 5.91 Å². The standard InChI is InChI=1S/C23H24N2O3/c1-17-8-13-22(27-2)21(14-17)25-23(26)15-24-19-9-11-20(12-10-19)28-16-18-6-4-3-5-7-18/h3-14,24H,15-16H2,1-2H3,(H,25,26).